The molecule has 1 saturated heterocycles. The number of piperidine rings is 1. The van der Waals surface area contributed by atoms with Crippen LogP contribution in [0.3, 0.4) is 0 Å². The van der Waals surface area contributed by atoms with E-state index in [1.165, 1.54) is 18.3 Å². The Morgan fingerprint density at radius 3 is 2.83 bits per heavy atom. The van der Waals surface area contributed by atoms with Crippen molar-refractivity contribution in [2.24, 2.45) is 0 Å². The highest BCUT2D eigenvalue weighted by Crippen LogP contribution is 2.15. The molecule has 2 heterocycles. The zero-order valence-corrected chi connectivity index (χ0v) is 7.45. The van der Waals surface area contributed by atoms with Crippen LogP contribution in [-0.4, -0.2) is 30.7 Å². The van der Waals surface area contributed by atoms with Crippen LogP contribution >= 0.6 is 0 Å². The summed E-state index contributed by atoms with van der Waals surface area (Å²) in [4.78, 5) is 0. The van der Waals surface area contributed by atoms with Crippen molar-refractivity contribution in [3.8, 4) is 0 Å². The summed E-state index contributed by atoms with van der Waals surface area (Å²) < 4.78 is 2.11. The Kier molecular flexibility index (Phi) is 2.17. The topological polar surface area (TPSA) is 29.9 Å². The Morgan fingerprint density at radius 1 is 1.50 bits per heavy atom. The summed E-state index contributed by atoms with van der Waals surface area (Å²) in [6.45, 7) is 2.26. The molecule has 1 aromatic rings. The highest BCUT2D eigenvalue weighted by Gasteiger charge is 2.14. The number of nitrogens with one attached hydrogen (secondary N) is 1. The van der Waals surface area contributed by atoms with Crippen LogP contribution in [-0.2, 0) is 0 Å². The SMILES string of the molecule is Bc1cnn(C2CCNCC2)c1. The van der Waals surface area contributed by atoms with E-state index in [-0.39, 0.29) is 0 Å². The third-order valence-electron chi connectivity index (χ3n) is 2.41. The highest BCUT2D eigenvalue weighted by molar-refractivity contribution is 6.31. The van der Waals surface area contributed by atoms with Crippen molar-refractivity contribution in [2.45, 2.75) is 18.9 Å². The molecule has 0 unspecified atom stereocenters. The first kappa shape index (κ1) is 7.86. The fraction of sp³-hybridized carbons (Fsp3) is 0.625. The summed E-state index contributed by atoms with van der Waals surface area (Å²) in [5, 5.41) is 7.68. The Hall–Kier alpha value is -0.765. The van der Waals surface area contributed by atoms with Gasteiger partial charge < -0.3 is 5.32 Å². The Morgan fingerprint density at radius 2 is 2.25 bits per heavy atom. The molecule has 64 valence electrons. The van der Waals surface area contributed by atoms with Crippen LogP contribution in [0.1, 0.15) is 18.9 Å². The van der Waals surface area contributed by atoms with Crippen LogP contribution in [0.25, 0.3) is 0 Å². The van der Waals surface area contributed by atoms with E-state index in [9.17, 15) is 0 Å². The van der Waals surface area contributed by atoms with E-state index in [0.29, 0.717) is 6.04 Å². The minimum Gasteiger partial charge on any atom is -0.317 e. The zero-order valence-electron chi connectivity index (χ0n) is 7.45. The van der Waals surface area contributed by atoms with E-state index >= 15 is 0 Å². The van der Waals surface area contributed by atoms with Crippen molar-refractivity contribution in [2.75, 3.05) is 13.1 Å². The molecule has 0 amide bonds. The Balaban J connectivity index is 2.08. The minimum absolute atomic E-state index is 0.625. The van der Waals surface area contributed by atoms with Crippen LogP contribution < -0.4 is 10.8 Å². The van der Waals surface area contributed by atoms with E-state index in [1.807, 2.05) is 6.20 Å². The van der Waals surface area contributed by atoms with E-state index < -0.39 is 0 Å². The minimum atomic E-state index is 0.625. The first-order valence-corrected chi connectivity index (χ1v) is 4.58. The maximum atomic E-state index is 4.33. The molecule has 0 radical (unpaired) electrons. The first-order valence-electron chi connectivity index (χ1n) is 4.58. The number of rotatable bonds is 1. The molecule has 0 atom stereocenters. The molecule has 0 spiro atoms. The van der Waals surface area contributed by atoms with Gasteiger partial charge in [0.15, 0.2) is 0 Å². The van der Waals surface area contributed by atoms with Gasteiger partial charge >= 0.3 is 0 Å². The smallest absolute Gasteiger partial charge is 0.143 e. The third kappa shape index (κ3) is 1.53. The monoisotopic (exact) mass is 163 g/mol. The molecule has 3 nitrogen and oxygen atoms in total. The van der Waals surface area contributed by atoms with Crippen LogP contribution in [0.15, 0.2) is 12.4 Å². The van der Waals surface area contributed by atoms with Gasteiger partial charge in [0.25, 0.3) is 0 Å². The average molecular weight is 163 g/mol. The number of nitrogens with zero attached hydrogens (tertiary/aromatic N) is 2. The lowest BCUT2D eigenvalue weighted by molar-refractivity contribution is 0.343. The quantitative estimate of drug-likeness (QED) is 0.542. The van der Waals surface area contributed by atoms with Gasteiger partial charge in [0.2, 0.25) is 0 Å². The number of aromatic nitrogens is 2. The molecule has 1 aromatic heterocycles. The van der Waals surface area contributed by atoms with Crippen molar-refractivity contribution >= 4 is 13.3 Å². The maximum absolute atomic E-state index is 4.33. The molecule has 2 rings (SSSR count). The van der Waals surface area contributed by atoms with Crippen LogP contribution in [0.2, 0.25) is 0 Å². The lowest BCUT2D eigenvalue weighted by Gasteiger charge is -2.22. The summed E-state index contributed by atoms with van der Waals surface area (Å²) in [5.41, 5.74) is 1.26. The normalized spacial score (nSPS) is 19.7. The summed E-state index contributed by atoms with van der Waals surface area (Å²) in [6.07, 6.45) is 6.49. The van der Waals surface area contributed by atoms with Crippen LogP contribution in [0.5, 0.6) is 0 Å². The van der Waals surface area contributed by atoms with Gasteiger partial charge in [0, 0.05) is 12.4 Å². The standard InChI is InChI=1S/C8H14BN3/c9-7-5-11-12(6-7)8-1-3-10-4-2-8/h5-6,8,10H,1-4,9H2. The second-order valence-electron chi connectivity index (χ2n) is 3.48. The Bertz CT molecular complexity index is 253. The lowest BCUT2D eigenvalue weighted by Crippen LogP contribution is -2.29. The molecule has 4 heteroatoms. The van der Waals surface area contributed by atoms with Gasteiger partial charge in [0.1, 0.15) is 7.85 Å². The predicted octanol–water partition coefficient (Wildman–Crippen LogP) is -0.934. The van der Waals surface area contributed by atoms with E-state index in [0.717, 1.165) is 13.1 Å². The van der Waals surface area contributed by atoms with E-state index in [1.54, 1.807) is 0 Å². The van der Waals surface area contributed by atoms with E-state index in [4.69, 9.17) is 0 Å². The van der Waals surface area contributed by atoms with Crippen molar-refractivity contribution in [3.05, 3.63) is 12.4 Å². The van der Waals surface area contributed by atoms with Crippen molar-refractivity contribution in [1.82, 2.24) is 15.1 Å². The van der Waals surface area contributed by atoms with Gasteiger partial charge in [-0.1, -0.05) is 5.46 Å². The molecular formula is C8H14BN3. The highest BCUT2D eigenvalue weighted by atomic mass is 15.3. The summed E-state index contributed by atoms with van der Waals surface area (Å²) in [5.74, 6) is 0. The number of hydrogen-bond acceptors (Lipinski definition) is 2. The van der Waals surface area contributed by atoms with Crippen molar-refractivity contribution in [3.63, 3.8) is 0 Å². The summed E-state index contributed by atoms with van der Waals surface area (Å²) in [7, 11) is 2.09. The van der Waals surface area contributed by atoms with Gasteiger partial charge in [-0.15, -0.1) is 0 Å². The Labute approximate surface area is 73.6 Å². The molecule has 0 bridgehead atoms. The van der Waals surface area contributed by atoms with Crippen LogP contribution in [0, 0.1) is 0 Å². The van der Waals surface area contributed by atoms with E-state index in [2.05, 4.69) is 29.1 Å². The molecule has 0 saturated carbocycles. The van der Waals surface area contributed by atoms with Gasteiger partial charge in [-0.25, -0.2) is 0 Å². The predicted molar refractivity (Wildman–Crippen MR) is 51.5 cm³/mol. The second-order valence-corrected chi connectivity index (χ2v) is 3.48. The van der Waals surface area contributed by atoms with Gasteiger partial charge in [-0.05, 0) is 25.9 Å². The first-order chi connectivity index (χ1) is 5.86. The van der Waals surface area contributed by atoms with Gasteiger partial charge in [0.05, 0.1) is 6.04 Å². The molecule has 12 heavy (non-hydrogen) atoms. The van der Waals surface area contributed by atoms with Crippen molar-refractivity contribution < 1.29 is 0 Å². The van der Waals surface area contributed by atoms with Gasteiger partial charge in [-0.2, -0.15) is 5.10 Å². The molecule has 0 aromatic carbocycles. The molecule has 1 aliphatic heterocycles. The lowest BCUT2D eigenvalue weighted by atomic mass is 10.0. The summed E-state index contributed by atoms with van der Waals surface area (Å²) >= 11 is 0. The summed E-state index contributed by atoms with van der Waals surface area (Å²) in [6, 6.07) is 0.625. The molecule has 0 aliphatic carbocycles. The fourth-order valence-corrected chi connectivity index (χ4v) is 1.70. The number of hydrogen-bond donors (Lipinski definition) is 1. The molecular weight excluding hydrogens is 149 g/mol. The second kappa shape index (κ2) is 3.31. The van der Waals surface area contributed by atoms with Gasteiger partial charge in [-0.3, -0.25) is 4.68 Å². The molecule has 1 aliphatic rings. The van der Waals surface area contributed by atoms with Crippen molar-refractivity contribution in [1.29, 1.82) is 0 Å². The maximum Gasteiger partial charge on any atom is 0.143 e. The molecule has 1 N–H and O–H groups in total. The average Bonchev–Trinajstić information content (AvgIpc) is 2.54. The molecule has 1 fully saturated rings. The fourth-order valence-electron chi connectivity index (χ4n) is 1.70. The van der Waals surface area contributed by atoms with Crippen LogP contribution in [0.4, 0.5) is 0 Å². The zero-order chi connectivity index (χ0) is 8.39. The third-order valence-corrected chi connectivity index (χ3v) is 2.41. The largest absolute Gasteiger partial charge is 0.317 e.